The second-order valence-electron chi connectivity index (χ2n) is 9.00. The molecule has 0 aliphatic heterocycles. The maximum absolute atomic E-state index is 13.8. The molecule has 1 aliphatic carbocycles. The molecule has 5 aromatic rings. The zero-order valence-electron chi connectivity index (χ0n) is 20.4. The van der Waals surface area contributed by atoms with Gasteiger partial charge in [0.25, 0.3) is 5.56 Å². The summed E-state index contributed by atoms with van der Waals surface area (Å²) in [7, 11) is 0. The Balaban J connectivity index is 1.41. The first-order valence-electron chi connectivity index (χ1n) is 12.2. The Labute approximate surface area is 211 Å². The molecule has 9 nitrogen and oxygen atoms in total. The van der Waals surface area contributed by atoms with Crippen molar-refractivity contribution in [1.29, 1.82) is 0 Å². The molecule has 2 aromatic carbocycles. The van der Waals surface area contributed by atoms with Gasteiger partial charge in [-0.25, -0.2) is 13.9 Å². The maximum atomic E-state index is 13.8. The van der Waals surface area contributed by atoms with E-state index >= 15 is 0 Å². The normalized spacial score (nSPS) is 12.6. The molecule has 6 rings (SSSR count). The molecule has 1 aliphatic rings. The summed E-state index contributed by atoms with van der Waals surface area (Å²) in [5, 5.41) is 8.47. The predicted molar refractivity (Wildman–Crippen MR) is 140 cm³/mol. The van der Waals surface area contributed by atoms with Crippen LogP contribution in [0.4, 0.5) is 0 Å². The first kappa shape index (κ1) is 22.7. The summed E-state index contributed by atoms with van der Waals surface area (Å²) >= 11 is 0. The number of aromatic nitrogens is 6. The van der Waals surface area contributed by atoms with E-state index in [1.54, 1.807) is 4.57 Å². The van der Waals surface area contributed by atoms with E-state index in [2.05, 4.69) is 27.1 Å². The molecule has 3 aromatic heterocycles. The summed E-state index contributed by atoms with van der Waals surface area (Å²) in [5.41, 5.74) is 6.00. The Morgan fingerprint density at radius 3 is 2.43 bits per heavy atom. The molecule has 0 saturated heterocycles. The van der Waals surface area contributed by atoms with Gasteiger partial charge in [0, 0.05) is 17.5 Å². The number of fused-ring (bicyclic) bond motifs is 1. The van der Waals surface area contributed by atoms with Crippen LogP contribution >= 0.6 is 0 Å². The zero-order chi connectivity index (χ0) is 25.5. The van der Waals surface area contributed by atoms with Crippen LogP contribution in [0.5, 0.6) is 0 Å². The van der Waals surface area contributed by atoms with Gasteiger partial charge in [-0.3, -0.25) is 14.3 Å². The summed E-state index contributed by atoms with van der Waals surface area (Å²) in [6.07, 6.45) is 7.80. The van der Waals surface area contributed by atoms with Gasteiger partial charge in [-0.1, -0.05) is 73.1 Å². The number of rotatable bonds is 7. The summed E-state index contributed by atoms with van der Waals surface area (Å²) in [6, 6.07) is 15.7. The number of benzene rings is 2. The van der Waals surface area contributed by atoms with Crippen molar-refractivity contribution in [2.75, 3.05) is 0 Å². The lowest BCUT2D eigenvalue weighted by Crippen LogP contribution is -2.29. The first-order chi connectivity index (χ1) is 18.0. The van der Waals surface area contributed by atoms with Gasteiger partial charge < -0.3 is 0 Å². The van der Waals surface area contributed by atoms with Crippen molar-refractivity contribution in [3.63, 3.8) is 0 Å². The minimum absolute atomic E-state index is 0.0663. The lowest BCUT2D eigenvalue weighted by atomic mass is 9.96. The Morgan fingerprint density at radius 2 is 1.78 bits per heavy atom. The maximum Gasteiger partial charge on any atom is 0.439 e. The van der Waals surface area contributed by atoms with E-state index in [1.165, 1.54) is 0 Å². The molecular weight excluding hydrogens is 468 g/mol. The fraction of sp³-hybridized carbons (Fsp3) is 0.179. The summed E-state index contributed by atoms with van der Waals surface area (Å²) in [6.45, 7) is 3.93. The highest BCUT2D eigenvalue weighted by molar-refractivity contribution is 5.80. The first-order valence-corrected chi connectivity index (χ1v) is 12.2. The molecule has 0 atom stereocenters. The van der Waals surface area contributed by atoms with E-state index in [0.29, 0.717) is 29.4 Å². The van der Waals surface area contributed by atoms with Crippen LogP contribution in [0.15, 0.2) is 80.9 Å². The van der Waals surface area contributed by atoms with Crippen molar-refractivity contribution < 1.29 is 4.52 Å². The second kappa shape index (κ2) is 9.02. The van der Waals surface area contributed by atoms with Gasteiger partial charge >= 0.3 is 5.76 Å². The van der Waals surface area contributed by atoms with E-state index in [1.807, 2.05) is 78.2 Å². The van der Waals surface area contributed by atoms with Crippen LogP contribution in [0, 0.1) is 6.92 Å². The molecule has 0 spiro atoms. The fourth-order valence-corrected chi connectivity index (χ4v) is 4.74. The molecule has 0 saturated carbocycles. The van der Waals surface area contributed by atoms with Crippen LogP contribution in [0.25, 0.3) is 34.0 Å². The summed E-state index contributed by atoms with van der Waals surface area (Å²) < 4.78 is 8.17. The number of aryl methyl sites for hydroxylation is 2. The van der Waals surface area contributed by atoms with Gasteiger partial charge in [0.15, 0.2) is 5.82 Å². The van der Waals surface area contributed by atoms with Gasteiger partial charge in [-0.2, -0.15) is 10.1 Å². The van der Waals surface area contributed by atoms with Crippen LogP contribution in [0.3, 0.4) is 0 Å². The minimum atomic E-state index is -0.596. The van der Waals surface area contributed by atoms with Crippen LogP contribution < -0.4 is 11.3 Å². The Morgan fingerprint density at radius 1 is 1.03 bits per heavy atom. The second-order valence-corrected chi connectivity index (χ2v) is 9.00. The Bertz CT molecular complexity index is 1820. The molecule has 0 amide bonds. The molecule has 0 unspecified atom stereocenters. The number of allylic oxidation sites excluding steroid dienone is 4. The van der Waals surface area contributed by atoms with Gasteiger partial charge in [0.1, 0.15) is 5.82 Å². The van der Waals surface area contributed by atoms with Gasteiger partial charge in [-0.05, 0) is 42.2 Å². The van der Waals surface area contributed by atoms with E-state index in [0.717, 1.165) is 46.5 Å². The topological polar surface area (TPSA) is 111 Å². The summed E-state index contributed by atoms with van der Waals surface area (Å²) in [5.74, 6) is 0.956. The van der Waals surface area contributed by atoms with Crippen molar-refractivity contribution in [1.82, 2.24) is 29.3 Å². The van der Waals surface area contributed by atoms with Crippen LogP contribution in [-0.2, 0) is 12.8 Å². The van der Waals surface area contributed by atoms with E-state index in [-0.39, 0.29) is 5.56 Å². The fourth-order valence-electron chi connectivity index (χ4n) is 4.74. The number of hydrogen-bond donors (Lipinski definition) is 1. The molecule has 0 bridgehead atoms. The monoisotopic (exact) mass is 492 g/mol. The molecule has 9 heteroatoms. The van der Waals surface area contributed by atoms with Crippen molar-refractivity contribution in [3.8, 4) is 22.5 Å². The highest BCUT2D eigenvalue weighted by Gasteiger charge is 2.22. The highest BCUT2D eigenvalue weighted by atomic mass is 16.5. The predicted octanol–water partition coefficient (Wildman–Crippen LogP) is 4.16. The van der Waals surface area contributed by atoms with E-state index < -0.39 is 5.76 Å². The van der Waals surface area contributed by atoms with E-state index in [9.17, 15) is 9.59 Å². The molecule has 0 radical (unpaired) electrons. The molecule has 184 valence electrons. The molecule has 3 heterocycles. The number of aromatic amines is 1. The third kappa shape index (κ3) is 3.94. The van der Waals surface area contributed by atoms with Crippen LogP contribution in [-0.4, -0.2) is 29.3 Å². The van der Waals surface area contributed by atoms with Crippen molar-refractivity contribution in [2.45, 2.75) is 33.1 Å². The quantitative estimate of drug-likeness (QED) is 0.365. The molecule has 37 heavy (non-hydrogen) atoms. The van der Waals surface area contributed by atoms with E-state index in [4.69, 9.17) is 4.52 Å². The number of hydrogen-bond acceptors (Lipinski definition) is 6. The largest absolute Gasteiger partial charge is 0.439 e. The third-order valence-corrected chi connectivity index (χ3v) is 6.51. The smallest absolute Gasteiger partial charge is 0.296 e. The zero-order valence-corrected chi connectivity index (χ0v) is 20.4. The average molecular weight is 493 g/mol. The lowest BCUT2D eigenvalue weighted by molar-refractivity contribution is 0.388. The minimum Gasteiger partial charge on any atom is -0.296 e. The number of nitrogens with zero attached hydrogens (tertiary/aromatic N) is 5. The van der Waals surface area contributed by atoms with Gasteiger partial charge in [0.05, 0.1) is 11.4 Å². The van der Waals surface area contributed by atoms with Gasteiger partial charge in [0.2, 0.25) is 5.78 Å². The van der Waals surface area contributed by atoms with Crippen molar-refractivity contribution >= 4 is 11.5 Å². The molecule has 0 fully saturated rings. The van der Waals surface area contributed by atoms with Crippen LogP contribution in [0.2, 0.25) is 0 Å². The van der Waals surface area contributed by atoms with Crippen molar-refractivity contribution in [2.24, 2.45) is 0 Å². The SMILES string of the molecule is CCCc1c(Cc2ccc(-c3ccccc3-c3noc(=O)[nH]3)cc2)c(=O)n(C2=CC=C2)c2nc(C)nn12. The average Bonchev–Trinajstić information content (AvgIpc) is 3.48. The number of nitrogens with one attached hydrogen (secondary N) is 1. The Hall–Kier alpha value is -4.79. The molecular formula is C28H24N6O3. The third-order valence-electron chi connectivity index (χ3n) is 6.51. The van der Waals surface area contributed by atoms with Gasteiger partial charge in [-0.15, -0.1) is 0 Å². The lowest BCUT2D eigenvalue weighted by Gasteiger charge is -2.17. The van der Waals surface area contributed by atoms with Crippen LogP contribution in [0.1, 0.15) is 36.0 Å². The number of H-pyrrole nitrogens is 1. The van der Waals surface area contributed by atoms with Crippen molar-refractivity contribution in [3.05, 3.63) is 110 Å². The standard InChI is InChI=1S/C28H24N6O3/c1-3-7-24-23(26(35)33(20-8-6-9-20)27-29-17(2)31-34(24)27)16-18-12-14-19(15-13-18)21-10-4-5-11-22(21)25-30-28(36)37-32-25/h4-6,8-15H,3,7,16H2,1-2H3,(H,30,32,36). The molecule has 1 N–H and O–H groups in total. The highest BCUT2D eigenvalue weighted by Crippen LogP contribution is 2.30. The Kier molecular flexibility index (Phi) is 5.52. The summed E-state index contributed by atoms with van der Waals surface area (Å²) in [4.78, 5) is 32.4.